The molecular weight excluding hydrogens is 600 g/mol. The van der Waals surface area contributed by atoms with E-state index in [9.17, 15) is 9.59 Å². The number of fused-ring (bicyclic) bond motifs is 2. The predicted octanol–water partition coefficient (Wildman–Crippen LogP) is 6.71. The first kappa shape index (κ1) is 27.2. The number of aromatic nitrogens is 3. The maximum atomic E-state index is 13.6. The van der Waals surface area contributed by atoms with E-state index < -0.39 is 12.1 Å². The zero-order chi connectivity index (χ0) is 29.5. The van der Waals surface area contributed by atoms with Crippen molar-refractivity contribution in [3.63, 3.8) is 0 Å². The summed E-state index contributed by atoms with van der Waals surface area (Å²) in [7, 11) is 0. The maximum Gasteiger partial charge on any atom is 0.344 e. The molecule has 6 aromatic rings. The van der Waals surface area contributed by atoms with E-state index in [0.717, 1.165) is 32.5 Å². The molecule has 42 heavy (non-hydrogen) atoms. The second-order valence-corrected chi connectivity index (χ2v) is 10.8. The largest absolute Gasteiger partial charge is 0.479 e. The summed E-state index contributed by atoms with van der Waals surface area (Å²) in [5, 5.41) is 15.0. The second kappa shape index (κ2) is 10.8. The van der Waals surface area contributed by atoms with E-state index in [0.29, 0.717) is 33.8 Å². The minimum Gasteiger partial charge on any atom is -0.479 e. The Hall–Kier alpha value is -4.96. The Kier molecular flexibility index (Phi) is 6.99. The zero-order valence-corrected chi connectivity index (χ0v) is 24.5. The number of para-hydroxylation sites is 1. The number of hydrogen-bond donors (Lipinski definition) is 1. The number of halogens is 1. The maximum absolute atomic E-state index is 13.6. The average Bonchev–Trinajstić information content (AvgIpc) is 3.52. The Labute approximate surface area is 248 Å². The van der Waals surface area contributed by atoms with Gasteiger partial charge >= 0.3 is 5.97 Å². The Bertz CT molecular complexity index is 2070. The minimum atomic E-state index is -1.03. The van der Waals surface area contributed by atoms with Crippen LogP contribution >= 0.6 is 15.9 Å². The van der Waals surface area contributed by atoms with Crippen molar-refractivity contribution in [1.82, 2.24) is 14.2 Å². The number of aryl methyl sites for hydroxylation is 1. The van der Waals surface area contributed by atoms with Crippen LogP contribution in [0.1, 0.15) is 23.9 Å². The van der Waals surface area contributed by atoms with Gasteiger partial charge in [0.2, 0.25) is 5.82 Å². The summed E-state index contributed by atoms with van der Waals surface area (Å²) in [5.41, 5.74) is 4.45. The summed E-state index contributed by atoms with van der Waals surface area (Å²) in [5.74, 6) is 0.152. The van der Waals surface area contributed by atoms with Crippen molar-refractivity contribution >= 4 is 50.0 Å². The summed E-state index contributed by atoms with van der Waals surface area (Å²) in [6.45, 7) is 5.42. The molecule has 0 fully saturated rings. The third kappa shape index (κ3) is 5.01. The van der Waals surface area contributed by atoms with Gasteiger partial charge in [-0.15, -0.1) is 0 Å². The molecule has 210 valence electrons. The lowest BCUT2D eigenvalue weighted by molar-refractivity contribution is -0.144. The quantitative estimate of drug-likeness (QED) is 0.197. The van der Waals surface area contributed by atoms with Gasteiger partial charge < -0.3 is 18.8 Å². The minimum absolute atomic E-state index is 0.294. The van der Waals surface area contributed by atoms with Crippen LogP contribution in [0.25, 0.3) is 39.1 Å². The summed E-state index contributed by atoms with van der Waals surface area (Å²) in [4.78, 5) is 29.5. The van der Waals surface area contributed by atoms with Gasteiger partial charge in [0.15, 0.2) is 11.9 Å². The van der Waals surface area contributed by atoms with Crippen LogP contribution < -0.4 is 10.3 Å². The molecule has 0 aliphatic heterocycles. The van der Waals surface area contributed by atoms with Crippen molar-refractivity contribution in [3.8, 4) is 23.0 Å². The Morgan fingerprint density at radius 3 is 2.60 bits per heavy atom. The lowest BCUT2D eigenvalue weighted by atomic mass is 10.2. The fraction of sp³-hybridized carbons (Fsp3) is 0.125. The smallest absolute Gasteiger partial charge is 0.344 e. The molecule has 0 aliphatic rings. The van der Waals surface area contributed by atoms with Crippen molar-refractivity contribution in [2.45, 2.75) is 26.9 Å². The molecule has 0 spiro atoms. The van der Waals surface area contributed by atoms with E-state index in [4.69, 9.17) is 19.2 Å². The van der Waals surface area contributed by atoms with Gasteiger partial charge in [-0.3, -0.25) is 4.79 Å². The molecule has 0 saturated heterocycles. The normalized spacial score (nSPS) is 12.4. The topological polar surface area (TPSA) is 112 Å². The highest BCUT2D eigenvalue weighted by atomic mass is 79.9. The second-order valence-electron chi connectivity index (χ2n) is 9.86. The highest BCUT2D eigenvalue weighted by Crippen LogP contribution is 2.29. The summed E-state index contributed by atoms with van der Waals surface area (Å²) >= 11 is 3.49. The molecule has 0 radical (unpaired) electrons. The van der Waals surface area contributed by atoms with Crippen LogP contribution in [0.5, 0.6) is 5.75 Å². The summed E-state index contributed by atoms with van der Waals surface area (Å²) in [6, 6.07) is 23.9. The molecule has 6 rings (SSSR count). The van der Waals surface area contributed by atoms with Gasteiger partial charge in [-0.1, -0.05) is 28.1 Å². The van der Waals surface area contributed by atoms with Gasteiger partial charge in [0.05, 0.1) is 17.1 Å². The SMILES string of the molecule is Cc1cc(C=Nn2c(-c3cc4cc(Br)ccc4o3)nc3ccccc3c2=O)c(C)n1-c1ccc(O[C@@H](C)C(=O)O)cc1. The van der Waals surface area contributed by atoms with Crippen molar-refractivity contribution in [2.24, 2.45) is 5.10 Å². The number of benzene rings is 3. The number of hydrogen-bond acceptors (Lipinski definition) is 6. The molecule has 10 heteroatoms. The molecule has 0 saturated carbocycles. The number of ether oxygens (including phenoxy) is 1. The average molecular weight is 625 g/mol. The number of furan rings is 1. The molecule has 0 bridgehead atoms. The lowest BCUT2D eigenvalue weighted by Gasteiger charge is -2.13. The van der Waals surface area contributed by atoms with Gasteiger partial charge in [0.25, 0.3) is 5.56 Å². The number of carboxylic acids is 1. The number of carbonyl (C=O) groups is 1. The van der Waals surface area contributed by atoms with Crippen LogP contribution in [0.2, 0.25) is 0 Å². The third-order valence-electron chi connectivity index (χ3n) is 6.99. The fourth-order valence-corrected chi connectivity index (χ4v) is 5.26. The van der Waals surface area contributed by atoms with Crippen LogP contribution in [-0.2, 0) is 4.79 Å². The molecule has 3 heterocycles. The van der Waals surface area contributed by atoms with Gasteiger partial charge in [-0.2, -0.15) is 9.78 Å². The highest BCUT2D eigenvalue weighted by molar-refractivity contribution is 9.10. The van der Waals surface area contributed by atoms with Crippen molar-refractivity contribution in [1.29, 1.82) is 0 Å². The van der Waals surface area contributed by atoms with Crippen LogP contribution in [0.15, 0.2) is 97.6 Å². The third-order valence-corrected chi connectivity index (χ3v) is 7.48. The fourth-order valence-electron chi connectivity index (χ4n) is 4.88. The van der Waals surface area contributed by atoms with E-state index in [1.54, 1.807) is 36.5 Å². The first-order valence-corrected chi connectivity index (χ1v) is 13.9. The Morgan fingerprint density at radius 1 is 1.07 bits per heavy atom. The van der Waals surface area contributed by atoms with Gasteiger partial charge in [-0.25, -0.2) is 9.78 Å². The van der Waals surface area contributed by atoms with E-state index >= 15 is 0 Å². The number of carboxylic acid groups (broad SMARTS) is 1. The van der Waals surface area contributed by atoms with E-state index in [2.05, 4.69) is 21.0 Å². The van der Waals surface area contributed by atoms with Crippen LogP contribution in [0, 0.1) is 13.8 Å². The number of rotatable bonds is 7. The molecule has 1 N–H and O–H groups in total. The summed E-state index contributed by atoms with van der Waals surface area (Å²) in [6.07, 6.45) is 0.693. The molecule has 0 unspecified atom stereocenters. The first-order valence-electron chi connectivity index (χ1n) is 13.1. The molecule has 1 atom stereocenters. The van der Waals surface area contributed by atoms with Gasteiger partial charge in [0.1, 0.15) is 11.3 Å². The standard InChI is InChI=1S/C32H25BrN4O5/c1-18-14-22(19(2)36(18)24-9-11-25(12-10-24)41-20(3)32(39)40)17-34-37-30(35-27-7-5-4-6-26(27)31(37)38)29-16-21-15-23(33)8-13-28(21)42-29/h4-17,20H,1-3H3,(H,39,40)/t20-/m0/s1. The van der Waals surface area contributed by atoms with Crippen molar-refractivity contribution < 1.29 is 19.1 Å². The molecule has 0 amide bonds. The lowest BCUT2D eigenvalue weighted by Crippen LogP contribution is -2.22. The predicted molar refractivity (Wildman–Crippen MR) is 165 cm³/mol. The zero-order valence-electron chi connectivity index (χ0n) is 22.9. The van der Waals surface area contributed by atoms with Gasteiger partial charge in [0, 0.05) is 32.5 Å². The van der Waals surface area contributed by atoms with Crippen LogP contribution in [0.4, 0.5) is 0 Å². The molecular formula is C32H25BrN4O5. The van der Waals surface area contributed by atoms with Crippen LogP contribution in [-0.4, -0.2) is 37.6 Å². The Balaban J connectivity index is 1.40. The highest BCUT2D eigenvalue weighted by Gasteiger charge is 2.18. The van der Waals surface area contributed by atoms with Gasteiger partial charge in [-0.05, 0) is 87.5 Å². The monoisotopic (exact) mass is 624 g/mol. The number of nitrogens with zero attached hydrogens (tertiary/aromatic N) is 4. The molecule has 0 aliphatic carbocycles. The Morgan fingerprint density at radius 2 is 1.83 bits per heavy atom. The van der Waals surface area contributed by atoms with E-state index in [1.807, 2.05) is 66.9 Å². The molecule has 3 aromatic heterocycles. The van der Waals surface area contributed by atoms with Crippen molar-refractivity contribution in [3.05, 3.63) is 111 Å². The molecule has 3 aromatic carbocycles. The molecule has 9 nitrogen and oxygen atoms in total. The van der Waals surface area contributed by atoms with E-state index in [-0.39, 0.29) is 5.56 Å². The van der Waals surface area contributed by atoms with E-state index in [1.165, 1.54) is 11.6 Å². The number of aliphatic carboxylic acids is 1. The first-order chi connectivity index (χ1) is 20.2. The summed E-state index contributed by atoms with van der Waals surface area (Å²) < 4.78 is 15.8. The van der Waals surface area contributed by atoms with Crippen LogP contribution in [0.3, 0.4) is 0 Å². The van der Waals surface area contributed by atoms with Crippen molar-refractivity contribution in [2.75, 3.05) is 0 Å².